The minimum atomic E-state index is -0.833. The first-order valence-corrected chi connectivity index (χ1v) is 5.84. The smallest absolute Gasteiger partial charge is 0.323 e. The number of carbonyl (C=O) groups excluding carboxylic acids is 1. The first kappa shape index (κ1) is 13.9. The largest absolute Gasteiger partial charge is 0.480 e. The molecular weight excluding hydrogens is 222 g/mol. The van der Waals surface area contributed by atoms with Crippen LogP contribution in [0, 0.1) is 5.92 Å². The molecule has 17 heavy (non-hydrogen) atoms. The van der Waals surface area contributed by atoms with Crippen molar-refractivity contribution in [1.82, 2.24) is 10.6 Å². The normalized spacial score (nSPS) is 30.1. The number of aliphatic carboxylic acids is 1. The number of hydrogen-bond acceptors (Lipinski definition) is 4. The highest BCUT2D eigenvalue weighted by molar-refractivity contribution is 5.80. The molecular formula is C11H21N3O3. The van der Waals surface area contributed by atoms with Gasteiger partial charge in [-0.25, -0.2) is 0 Å². The molecule has 1 aliphatic carbocycles. The van der Waals surface area contributed by atoms with Crippen molar-refractivity contribution in [3.05, 3.63) is 0 Å². The van der Waals surface area contributed by atoms with Crippen LogP contribution in [0.2, 0.25) is 0 Å². The van der Waals surface area contributed by atoms with Crippen molar-refractivity contribution in [3.63, 3.8) is 0 Å². The summed E-state index contributed by atoms with van der Waals surface area (Å²) in [6, 6.07) is -0.374. The van der Waals surface area contributed by atoms with E-state index in [-0.39, 0.29) is 17.9 Å². The van der Waals surface area contributed by atoms with Crippen molar-refractivity contribution in [2.75, 3.05) is 14.1 Å². The van der Waals surface area contributed by atoms with Gasteiger partial charge in [-0.15, -0.1) is 0 Å². The lowest BCUT2D eigenvalue weighted by Gasteiger charge is -2.24. The summed E-state index contributed by atoms with van der Waals surface area (Å²) in [7, 11) is 3.35. The molecule has 0 aliphatic heterocycles. The Morgan fingerprint density at radius 2 is 2.18 bits per heavy atom. The minimum Gasteiger partial charge on any atom is -0.480 e. The number of carboxylic acids is 1. The van der Waals surface area contributed by atoms with Crippen LogP contribution in [0.15, 0.2) is 0 Å². The summed E-state index contributed by atoms with van der Waals surface area (Å²) in [5.74, 6) is -0.990. The SMILES string of the molecule is CNC(CC1CCC(NC)(C(=O)O)C1)C(N)=O. The molecule has 0 spiro atoms. The summed E-state index contributed by atoms with van der Waals surface area (Å²) in [6.45, 7) is 0. The molecule has 1 fully saturated rings. The first-order chi connectivity index (χ1) is 7.95. The predicted molar refractivity (Wildman–Crippen MR) is 63.4 cm³/mol. The lowest BCUT2D eigenvalue weighted by Crippen LogP contribution is -2.48. The fourth-order valence-electron chi connectivity index (χ4n) is 2.59. The topological polar surface area (TPSA) is 104 Å². The van der Waals surface area contributed by atoms with Gasteiger partial charge in [-0.05, 0) is 45.7 Å². The third-order valence-electron chi connectivity index (χ3n) is 3.77. The molecule has 0 bridgehead atoms. The van der Waals surface area contributed by atoms with E-state index < -0.39 is 11.5 Å². The lowest BCUT2D eigenvalue weighted by atomic mass is 9.93. The van der Waals surface area contributed by atoms with E-state index in [0.717, 1.165) is 6.42 Å². The molecule has 0 aromatic carbocycles. The molecule has 0 aromatic rings. The third kappa shape index (κ3) is 2.95. The van der Waals surface area contributed by atoms with Gasteiger partial charge in [0.25, 0.3) is 0 Å². The minimum absolute atomic E-state index is 0.212. The van der Waals surface area contributed by atoms with Crippen LogP contribution in [0.4, 0.5) is 0 Å². The van der Waals surface area contributed by atoms with Crippen molar-refractivity contribution in [2.24, 2.45) is 11.7 Å². The molecule has 5 N–H and O–H groups in total. The van der Waals surface area contributed by atoms with Crippen molar-refractivity contribution in [1.29, 1.82) is 0 Å². The molecule has 3 unspecified atom stereocenters. The van der Waals surface area contributed by atoms with Crippen LogP contribution >= 0.6 is 0 Å². The second-order valence-corrected chi connectivity index (χ2v) is 4.73. The Hall–Kier alpha value is -1.14. The fraction of sp³-hybridized carbons (Fsp3) is 0.818. The van der Waals surface area contributed by atoms with E-state index in [0.29, 0.717) is 19.3 Å². The van der Waals surface area contributed by atoms with Gasteiger partial charge in [0, 0.05) is 0 Å². The summed E-state index contributed by atoms with van der Waals surface area (Å²) in [6.07, 6.45) is 2.55. The van der Waals surface area contributed by atoms with Gasteiger partial charge in [-0.2, -0.15) is 0 Å². The average Bonchev–Trinajstić information content (AvgIpc) is 2.70. The van der Waals surface area contributed by atoms with Gasteiger partial charge in [-0.3, -0.25) is 9.59 Å². The number of likely N-dealkylation sites (N-methyl/N-ethyl adjacent to an activating group) is 2. The van der Waals surface area contributed by atoms with E-state index in [1.165, 1.54) is 0 Å². The number of primary amides is 1. The highest BCUT2D eigenvalue weighted by Gasteiger charge is 2.44. The Kier molecular flexibility index (Phi) is 4.47. The summed E-state index contributed by atoms with van der Waals surface area (Å²) in [5, 5.41) is 15.0. The second kappa shape index (κ2) is 5.46. The van der Waals surface area contributed by atoms with Crippen molar-refractivity contribution < 1.29 is 14.7 Å². The molecule has 0 heterocycles. The van der Waals surface area contributed by atoms with E-state index >= 15 is 0 Å². The molecule has 3 atom stereocenters. The zero-order valence-electron chi connectivity index (χ0n) is 10.3. The maximum atomic E-state index is 11.2. The maximum absolute atomic E-state index is 11.2. The lowest BCUT2D eigenvalue weighted by molar-refractivity contribution is -0.144. The van der Waals surface area contributed by atoms with E-state index in [1.807, 2.05) is 0 Å². The first-order valence-electron chi connectivity index (χ1n) is 5.84. The number of hydrogen-bond donors (Lipinski definition) is 4. The fourth-order valence-corrected chi connectivity index (χ4v) is 2.59. The Labute approximate surface area is 101 Å². The number of carbonyl (C=O) groups is 2. The Balaban J connectivity index is 2.61. The van der Waals surface area contributed by atoms with Crippen LogP contribution in [0.5, 0.6) is 0 Å². The van der Waals surface area contributed by atoms with Crippen LogP contribution < -0.4 is 16.4 Å². The molecule has 98 valence electrons. The van der Waals surface area contributed by atoms with E-state index in [9.17, 15) is 14.7 Å². The summed E-state index contributed by atoms with van der Waals surface area (Å²) >= 11 is 0. The summed E-state index contributed by atoms with van der Waals surface area (Å²) < 4.78 is 0. The molecule has 0 radical (unpaired) electrons. The van der Waals surface area contributed by atoms with Gasteiger partial charge in [0.2, 0.25) is 5.91 Å². The van der Waals surface area contributed by atoms with Crippen molar-refractivity contribution >= 4 is 11.9 Å². The third-order valence-corrected chi connectivity index (χ3v) is 3.77. The predicted octanol–water partition coefficient (Wildman–Crippen LogP) is -0.707. The average molecular weight is 243 g/mol. The zero-order chi connectivity index (χ0) is 13.1. The Morgan fingerprint density at radius 3 is 2.53 bits per heavy atom. The Morgan fingerprint density at radius 1 is 1.53 bits per heavy atom. The Bertz CT molecular complexity index is 308. The maximum Gasteiger partial charge on any atom is 0.323 e. The molecule has 0 aromatic heterocycles. The van der Waals surface area contributed by atoms with Crippen LogP contribution in [-0.4, -0.2) is 42.7 Å². The van der Waals surface area contributed by atoms with Crippen LogP contribution in [-0.2, 0) is 9.59 Å². The van der Waals surface area contributed by atoms with Crippen molar-refractivity contribution in [2.45, 2.75) is 37.3 Å². The number of amides is 1. The summed E-state index contributed by atoms with van der Waals surface area (Å²) in [5.41, 5.74) is 4.42. The monoisotopic (exact) mass is 243 g/mol. The number of carboxylic acid groups (broad SMARTS) is 1. The van der Waals surface area contributed by atoms with Crippen LogP contribution in [0.3, 0.4) is 0 Å². The molecule has 1 aliphatic rings. The van der Waals surface area contributed by atoms with Crippen LogP contribution in [0.25, 0.3) is 0 Å². The van der Waals surface area contributed by atoms with Gasteiger partial charge in [0.1, 0.15) is 5.54 Å². The van der Waals surface area contributed by atoms with Gasteiger partial charge >= 0.3 is 5.97 Å². The highest BCUT2D eigenvalue weighted by atomic mass is 16.4. The zero-order valence-corrected chi connectivity index (χ0v) is 10.3. The van der Waals surface area contributed by atoms with Gasteiger partial charge in [0.15, 0.2) is 0 Å². The molecule has 1 saturated carbocycles. The standard InChI is InChI=1S/C11H21N3O3/c1-13-8(9(12)15)5-7-3-4-11(6-7,14-2)10(16)17/h7-8,13-14H,3-6H2,1-2H3,(H2,12,15)(H,16,17). The quantitative estimate of drug-likeness (QED) is 0.493. The van der Waals surface area contributed by atoms with Gasteiger partial charge in [-0.1, -0.05) is 0 Å². The van der Waals surface area contributed by atoms with E-state index in [2.05, 4.69) is 10.6 Å². The van der Waals surface area contributed by atoms with E-state index in [4.69, 9.17) is 5.73 Å². The second-order valence-electron chi connectivity index (χ2n) is 4.73. The van der Waals surface area contributed by atoms with Gasteiger partial charge < -0.3 is 21.5 Å². The highest BCUT2D eigenvalue weighted by Crippen LogP contribution is 2.37. The van der Waals surface area contributed by atoms with Crippen LogP contribution in [0.1, 0.15) is 25.7 Å². The van der Waals surface area contributed by atoms with Crippen molar-refractivity contribution in [3.8, 4) is 0 Å². The van der Waals surface area contributed by atoms with E-state index in [1.54, 1.807) is 14.1 Å². The van der Waals surface area contributed by atoms with Gasteiger partial charge in [0.05, 0.1) is 6.04 Å². The molecule has 1 amide bonds. The summed E-state index contributed by atoms with van der Waals surface area (Å²) in [4.78, 5) is 22.3. The number of nitrogens with one attached hydrogen (secondary N) is 2. The molecule has 6 heteroatoms. The molecule has 6 nitrogen and oxygen atoms in total. The number of rotatable bonds is 6. The molecule has 1 rings (SSSR count). The molecule has 0 saturated heterocycles. The number of nitrogens with two attached hydrogens (primary N) is 1.